The number of aryl methyl sites for hydroxylation is 2. The Morgan fingerprint density at radius 1 is 1.24 bits per heavy atom. The van der Waals surface area contributed by atoms with E-state index in [9.17, 15) is 9.59 Å². The number of carbonyl (C=O) groups excluding carboxylic acids is 1. The van der Waals surface area contributed by atoms with Gasteiger partial charge in [0.2, 0.25) is 5.91 Å². The van der Waals surface area contributed by atoms with Gasteiger partial charge in [0.1, 0.15) is 5.52 Å². The van der Waals surface area contributed by atoms with E-state index in [4.69, 9.17) is 0 Å². The van der Waals surface area contributed by atoms with Crippen LogP contribution in [0.15, 0.2) is 40.3 Å². The van der Waals surface area contributed by atoms with Gasteiger partial charge in [0.25, 0.3) is 5.56 Å². The first-order valence-corrected chi connectivity index (χ1v) is 10.9. The number of rotatable bonds is 7. The van der Waals surface area contributed by atoms with E-state index in [0.29, 0.717) is 16.2 Å². The molecule has 7 heteroatoms. The lowest BCUT2D eigenvalue weighted by atomic mass is 10.1. The smallest absolute Gasteiger partial charge is 0.278 e. The van der Waals surface area contributed by atoms with Gasteiger partial charge in [-0.05, 0) is 45.7 Å². The van der Waals surface area contributed by atoms with Gasteiger partial charge in [-0.2, -0.15) is 0 Å². The summed E-state index contributed by atoms with van der Waals surface area (Å²) >= 11 is 1.30. The number of fused-ring (bicyclic) bond motifs is 1. The number of aromatic amines is 1. The molecule has 0 saturated carbocycles. The van der Waals surface area contributed by atoms with Crippen LogP contribution in [0.4, 0.5) is 0 Å². The van der Waals surface area contributed by atoms with Crippen molar-refractivity contribution < 1.29 is 4.79 Å². The van der Waals surface area contributed by atoms with Crippen LogP contribution in [0.25, 0.3) is 11.0 Å². The van der Waals surface area contributed by atoms with Gasteiger partial charge in [0.05, 0.1) is 17.3 Å². The Hall–Kier alpha value is -2.54. The number of aromatic nitrogens is 3. The molecule has 0 radical (unpaired) electrons. The summed E-state index contributed by atoms with van der Waals surface area (Å²) in [5, 5.41) is 3.60. The summed E-state index contributed by atoms with van der Waals surface area (Å²) in [6, 6.07) is 9.91. The van der Waals surface area contributed by atoms with Crippen molar-refractivity contribution in [2.24, 2.45) is 0 Å². The molecule has 0 spiro atoms. The van der Waals surface area contributed by atoms with Crippen molar-refractivity contribution in [1.29, 1.82) is 0 Å². The minimum absolute atomic E-state index is 0.0000457. The van der Waals surface area contributed by atoms with Crippen molar-refractivity contribution in [3.63, 3.8) is 0 Å². The molecule has 6 nitrogen and oxygen atoms in total. The Labute approximate surface area is 175 Å². The number of carbonyl (C=O) groups is 1. The number of benzene rings is 1. The second-order valence-corrected chi connectivity index (χ2v) is 8.47. The fraction of sp³-hybridized carbons (Fsp3) is 0.409. The first kappa shape index (κ1) is 21.2. The lowest BCUT2D eigenvalue weighted by molar-refractivity contribution is -0.119. The van der Waals surface area contributed by atoms with Crippen molar-refractivity contribution in [3.8, 4) is 0 Å². The Morgan fingerprint density at radius 3 is 2.59 bits per heavy atom. The average Bonchev–Trinajstić information content (AvgIpc) is 3.07. The van der Waals surface area contributed by atoms with Gasteiger partial charge in [0, 0.05) is 11.7 Å². The molecule has 2 atom stereocenters. The predicted molar refractivity (Wildman–Crippen MR) is 119 cm³/mol. The molecular weight excluding hydrogens is 384 g/mol. The van der Waals surface area contributed by atoms with E-state index in [1.165, 1.54) is 17.3 Å². The molecule has 1 amide bonds. The van der Waals surface area contributed by atoms with Gasteiger partial charge in [0.15, 0.2) is 5.16 Å². The molecule has 2 aromatic heterocycles. The van der Waals surface area contributed by atoms with Crippen molar-refractivity contribution in [1.82, 2.24) is 19.9 Å². The van der Waals surface area contributed by atoms with Crippen molar-refractivity contribution in [2.75, 3.05) is 5.75 Å². The first-order valence-electron chi connectivity index (χ1n) is 9.90. The Balaban J connectivity index is 1.77. The quantitative estimate of drug-likeness (QED) is 0.448. The predicted octanol–water partition coefficient (Wildman–Crippen LogP) is 4.28. The molecule has 0 bridgehead atoms. The summed E-state index contributed by atoms with van der Waals surface area (Å²) in [5.41, 5.74) is 4.22. The molecular formula is C22H28N4O2S. The van der Waals surface area contributed by atoms with Crippen LogP contribution in [0.1, 0.15) is 56.1 Å². The van der Waals surface area contributed by atoms with E-state index in [0.717, 1.165) is 17.7 Å². The van der Waals surface area contributed by atoms with Crippen LogP contribution < -0.4 is 10.9 Å². The van der Waals surface area contributed by atoms with E-state index in [-0.39, 0.29) is 29.3 Å². The normalized spacial score (nSPS) is 13.4. The van der Waals surface area contributed by atoms with E-state index >= 15 is 0 Å². The maximum Gasteiger partial charge on any atom is 0.278 e. The maximum absolute atomic E-state index is 13.0. The number of thioether (sulfide) groups is 1. The lowest BCUT2D eigenvalue weighted by Gasteiger charge is -2.18. The molecule has 154 valence electrons. The molecule has 0 unspecified atom stereocenters. The molecule has 0 fully saturated rings. The highest BCUT2D eigenvalue weighted by Gasteiger charge is 2.18. The summed E-state index contributed by atoms with van der Waals surface area (Å²) in [4.78, 5) is 33.3. The third-order valence-electron chi connectivity index (χ3n) is 5.11. The van der Waals surface area contributed by atoms with E-state index < -0.39 is 0 Å². The van der Waals surface area contributed by atoms with Gasteiger partial charge in [-0.1, -0.05) is 48.5 Å². The zero-order chi connectivity index (χ0) is 21.1. The van der Waals surface area contributed by atoms with Crippen molar-refractivity contribution >= 4 is 28.7 Å². The Bertz CT molecular complexity index is 1070. The molecule has 2 heterocycles. The van der Waals surface area contributed by atoms with Crippen LogP contribution >= 0.6 is 11.8 Å². The molecule has 2 N–H and O–H groups in total. The first-order chi connectivity index (χ1) is 13.8. The van der Waals surface area contributed by atoms with Gasteiger partial charge in [-0.15, -0.1) is 0 Å². The number of hydrogen-bond acceptors (Lipinski definition) is 4. The second kappa shape index (κ2) is 8.86. The van der Waals surface area contributed by atoms with E-state index in [1.54, 1.807) is 4.57 Å². The average molecular weight is 413 g/mol. The molecule has 3 rings (SSSR count). The van der Waals surface area contributed by atoms with Crippen LogP contribution in [0.2, 0.25) is 0 Å². The standard InChI is InChI=1S/C22H28N4O2S/c1-6-15(4)26-21(28)20-18(11-14(3)23-20)25-22(26)29-12-19(27)24-16(5)17-9-7-13(2)8-10-17/h7-11,15-16,23H,6,12H2,1-5H3,(H,24,27)/t15-,16+/m1/s1. The van der Waals surface area contributed by atoms with Crippen LogP contribution in [-0.2, 0) is 4.79 Å². The summed E-state index contributed by atoms with van der Waals surface area (Å²) in [5.74, 6) is 0.118. The zero-order valence-corrected chi connectivity index (χ0v) is 18.4. The Kier molecular flexibility index (Phi) is 6.47. The number of nitrogens with zero attached hydrogens (tertiary/aromatic N) is 2. The molecule has 0 saturated heterocycles. The van der Waals surface area contributed by atoms with Gasteiger partial charge in [-0.25, -0.2) is 4.98 Å². The second-order valence-electron chi connectivity index (χ2n) is 7.53. The number of amides is 1. The summed E-state index contributed by atoms with van der Waals surface area (Å²) in [6.45, 7) is 9.94. The zero-order valence-electron chi connectivity index (χ0n) is 17.6. The van der Waals surface area contributed by atoms with Crippen molar-refractivity contribution in [2.45, 2.75) is 58.3 Å². The van der Waals surface area contributed by atoms with E-state index in [1.807, 2.05) is 65.0 Å². The monoisotopic (exact) mass is 412 g/mol. The van der Waals surface area contributed by atoms with E-state index in [2.05, 4.69) is 15.3 Å². The number of H-pyrrole nitrogens is 1. The van der Waals surface area contributed by atoms with Crippen LogP contribution in [0.5, 0.6) is 0 Å². The minimum atomic E-state index is -0.0895. The number of hydrogen-bond donors (Lipinski definition) is 2. The number of nitrogens with one attached hydrogen (secondary N) is 2. The summed E-state index contributed by atoms with van der Waals surface area (Å²) in [7, 11) is 0. The third-order valence-corrected chi connectivity index (χ3v) is 6.06. The van der Waals surface area contributed by atoms with Crippen LogP contribution in [0.3, 0.4) is 0 Å². The molecule has 0 aliphatic carbocycles. The SMILES string of the molecule is CC[C@@H](C)n1c(SCC(=O)N[C@@H](C)c2ccc(C)cc2)nc2cc(C)[nH]c2c1=O. The highest BCUT2D eigenvalue weighted by Crippen LogP contribution is 2.23. The largest absolute Gasteiger partial charge is 0.353 e. The van der Waals surface area contributed by atoms with Gasteiger partial charge in [-0.3, -0.25) is 14.2 Å². The van der Waals surface area contributed by atoms with Gasteiger partial charge < -0.3 is 10.3 Å². The van der Waals surface area contributed by atoms with Crippen molar-refractivity contribution in [3.05, 3.63) is 57.5 Å². The summed E-state index contributed by atoms with van der Waals surface area (Å²) in [6.07, 6.45) is 0.803. The lowest BCUT2D eigenvalue weighted by Crippen LogP contribution is -2.29. The molecule has 0 aliphatic rings. The molecule has 0 aliphatic heterocycles. The molecule has 29 heavy (non-hydrogen) atoms. The fourth-order valence-electron chi connectivity index (χ4n) is 3.21. The van der Waals surface area contributed by atoms with Gasteiger partial charge >= 0.3 is 0 Å². The van der Waals surface area contributed by atoms with Crippen LogP contribution in [0, 0.1) is 13.8 Å². The molecule has 1 aromatic carbocycles. The third kappa shape index (κ3) is 4.72. The Morgan fingerprint density at radius 2 is 1.93 bits per heavy atom. The fourth-order valence-corrected chi connectivity index (χ4v) is 4.12. The highest BCUT2D eigenvalue weighted by molar-refractivity contribution is 7.99. The highest BCUT2D eigenvalue weighted by atomic mass is 32.2. The summed E-state index contributed by atoms with van der Waals surface area (Å²) < 4.78 is 1.69. The topological polar surface area (TPSA) is 79.8 Å². The van der Waals surface area contributed by atoms with Crippen LogP contribution in [-0.4, -0.2) is 26.2 Å². The maximum atomic E-state index is 13.0. The minimum Gasteiger partial charge on any atom is -0.353 e. The molecule has 3 aromatic rings.